The zero-order valence-corrected chi connectivity index (χ0v) is 16.5. The summed E-state index contributed by atoms with van der Waals surface area (Å²) in [7, 11) is 0. The van der Waals surface area contributed by atoms with Crippen molar-refractivity contribution in [1.82, 2.24) is 9.97 Å². The van der Waals surface area contributed by atoms with Crippen LogP contribution in [-0.2, 0) is 6.61 Å². The van der Waals surface area contributed by atoms with Crippen LogP contribution in [0.1, 0.15) is 26.6 Å². The molecule has 0 bridgehead atoms. The van der Waals surface area contributed by atoms with Gasteiger partial charge in [-0.15, -0.1) is 11.3 Å². The van der Waals surface area contributed by atoms with Gasteiger partial charge in [-0.2, -0.15) is 0 Å². The molecule has 4 rings (SSSR count). The van der Waals surface area contributed by atoms with Gasteiger partial charge in [0.1, 0.15) is 17.4 Å². The summed E-state index contributed by atoms with van der Waals surface area (Å²) in [5.41, 5.74) is 3.62. The smallest absolute Gasteiger partial charge is 0.257 e. The number of nitrogens with one attached hydrogen (secondary N) is 1. The quantitative estimate of drug-likeness (QED) is 0.504. The molecule has 0 spiro atoms. The van der Waals surface area contributed by atoms with Gasteiger partial charge >= 0.3 is 0 Å². The molecule has 1 N–H and O–H groups in total. The fourth-order valence-electron chi connectivity index (χ4n) is 2.57. The fraction of sp³-hybridized carbons (Fsp3) is 0.150. The van der Waals surface area contributed by atoms with Gasteiger partial charge in [0, 0.05) is 16.6 Å². The fourth-order valence-corrected chi connectivity index (χ4v) is 4.21. The lowest BCUT2D eigenvalue weighted by molar-refractivity contribution is 0.102. The molecule has 0 radical (unpaired) electrons. The second kappa shape index (κ2) is 7.46. The number of hydrogen-bond donors (Lipinski definition) is 1. The van der Waals surface area contributed by atoms with Crippen LogP contribution < -0.4 is 10.1 Å². The van der Waals surface area contributed by atoms with Crippen molar-refractivity contribution in [2.45, 2.75) is 20.5 Å². The summed E-state index contributed by atoms with van der Waals surface area (Å²) in [6.45, 7) is 4.42. The molecule has 136 valence electrons. The number of aryl methyl sites for hydroxylation is 2. The maximum Gasteiger partial charge on any atom is 0.257 e. The largest absolute Gasteiger partial charge is 0.486 e. The van der Waals surface area contributed by atoms with E-state index in [0.717, 1.165) is 20.9 Å². The minimum atomic E-state index is -0.187. The second-order valence-electron chi connectivity index (χ2n) is 6.14. The topological polar surface area (TPSA) is 64.1 Å². The van der Waals surface area contributed by atoms with Crippen molar-refractivity contribution in [2.24, 2.45) is 0 Å². The maximum absolute atomic E-state index is 12.5. The van der Waals surface area contributed by atoms with Crippen molar-refractivity contribution >= 4 is 43.9 Å². The lowest BCUT2D eigenvalue weighted by atomic mass is 10.2. The van der Waals surface area contributed by atoms with Gasteiger partial charge in [-0.05, 0) is 55.8 Å². The van der Waals surface area contributed by atoms with Crippen LogP contribution in [0.3, 0.4) is 0 Å². The maximum atomic E-state index is 12.5. The average Bonchev–Trinajstić information content (AvgIpc) is 3.25. The van der Waals surface area contributed by atoms with Gasteiger partial charge in [-0.25, -0.2) is 9.97 Å². The van der Waals surface area contributed by atoms with Crippen molar-refractivity contribution in [3.63, 3.8) is 0 Å². The Kier molecular flexibility index (Phi) is 4.87. The van der Waals surface area contributed by atoms with Crippen molar-refractivity contribution in [1.29, 1.82) is 0 Å². The third-order valence-corrected chi connectivity index (χ3v) is 5.78. The van der Waals surface area contributed by atoms with Gasteiger partial charge in [0.15, 0.2) is 5.13 Å². The van der Waals surface area contributed by atoms with Crippen LogP contribution in [0.4, 0.5) is 5.13 Å². The van der Waals surface area contributed by atoms with Gasteiger partial charge in [-0.1, -0.05) is 17.4 Å². The first-order valence-corrected chi connectivity index (χ1v) is 10.1. The van der Waals surface area contributed by atoms with Crippen molar-refractivity contribution in [2.75, 3.05) is 5.32 Å². The standard InChI is InChI=1S/C20H17N3O2S2/c1-12-3-8-16-17(9-12)27-20(22-16)23-19(24)14-4-6-15(7-5-14)25-10-18-21-13(2)11-26-18/h3-9,11H,10H2,1-2H3,(H,22,23,24). The molecule has 5 nitrogen and oxygen atoms in total. The number of aromatic nitrogens is 2. The Balaban J connectivity index is 1.40. The highest BCUT2D eigenvalue weighted by Gasteiger charge is 2.10. The highest BCUT2D eigenvalue weighted by atomic mass is 32.1. The third kappa shape index (κ3) is 4.15. The molecule has 2 heterocycles. The summed E-state index contributed by atoms with van der Waals surface area (Å²) >= 11 is 3.05. The molecule has 0 fully saturated rings. The van der Waals surface area contributed by atoms with Gasteiger partial charge in [0.25, 0.3) is 5.91 Å². The Bertz CT molecular complexity index is 1100. The van der Waals surface area contributed by atoms with E-state index < -0.39 is 0 Å². The molecule has 0 aliphatic heterocycles. The Morgan fingerprint density at radius 3 is 2.67 bits per heavy atom. The van der Waals surface area contributed by atoms with Crippen LogP contribution in [-0.4, -0.2) is 15.9 Å². The van der Waals surface area contributed by atoms with Crippen LogP contribution in [0.5, 0.6) is 5.75 Å². The van der Waals surface area contributed by atoms with E-state index >= 15 is 0 Å². The molecule has 27 heavy (non-hydrogen) atoms. The molecule has 0 aliphatic rings. The molecular weight excluding hydrogens is 378 g/mol. The molecule has 0 unspecified atom stereocenters. The molecular formula is C20H17N3O2S2. The predicted octanol–water partition coefficient (Wildman–Crippen LogP) is 5.20. The highest BCUT2D eigenvalue weighted by Crippen LogP contribution is 2.27. The second-order valence-corrected chi connectivity index (χ2v) is 8.11. The number of hydrogen-bond acceptors (Lipinski definition) is 6. The molecule has 0 atom stereocenters. The number of anilines is 1. The molecule has 2 aromatic heterocycles. The van der Waals surface area contributed by atoms with Crippen molar-refractivity contribution in [3.05, 3.63) is 69.7 Å². The van der Waals surface area contributed by atoms with Crippen molar-refractivity contribution < 1.29 is 9.53 Å². The number of thiazole rings is 2. The molecule has 0 saturated carbocycles. The van der Waals surface area contributed by atoms with E-state index in [1.54, 1.807) is 35.6 Å². The van der Waals surface area contributed by atoms with Crippen LogP contribution in [0.15, 0.2) is 47.8 Å². The summed E-state index contributed by atoms with van der Waals surface area (Å²) in [5.74, 6) is 0.516. The van der Waals surface area contributed by atoms with E-state index in [4.69, 9.17) is 4.74 Å². The number of carbonyl (C=O) groups excluding carboxylic acids is 1. The average molecular weight is 396 g/mol. The minimum Gasteiger partial charge on any atom is -0.486 e. The lowest BCUT2D eigenvalue weighted by Gasteiger charge is -2.05. The number of benzene rings is 2. The normalized spacial score (nSPS) is 10.9. The SMILES string of the molecule is Cc1ccc2nc(NC(=O)c3ccc(OCc4nc(C)cs4)cc3)sc2c1. The third-order valence-electron chi connectivity index (χ3n) is 3.91. The van der Waals surface area contributed by atoms with E-state index in [2.05, 4.69) is 21.4 Å². The number of amides is 1. The molecule has 2 aromatic carbocycles. The summed E-state index contributed by atoms with van der Waals surface area (Å²) in [4.78, 5) is 21.3. The molecule has 1 amide bonds. The van der Waals surface area contributed by atoms with E-state index in [1.165, 1.54) is 16.9 Å². The number of carbonyl (C=O) groups is 1. The Hall–Kier alpha value is -2.77. The van der Waals surface area contributed by atoms with Crippen LogP contribution in [0, 0.1) is 13.8 Å². The van der Waals surface area contributed by atoms with Gasteiger partial charge in [-0.3, -0.25) is 10.1 Å². The van der Waals surface area contributed by atoms with Gasteiger partial charge in [0.05, 0.1) is 10.2 Å². The summed E-state index contributed by atoms with van der Waals surface area (Å²) in [6.07, 6.45) is 0. The van der Waals surface area contributed by atoms with Crippen molar-refractivity contribution in [3.8, 4) is 5.75 Å². The number of rotatable bonds is 5. The first-order chi connectivity index (χ1) is 13.1. The van der Waals surface area contributed by atoms with E-state index in [-0.39, 0.29) is 5.91 Å². The molecule has 4 aromatic rings. The Labute approximate surface area is 164 Å². The Morgan fingerprint density at radius 1 is 1.11 bits per heavy atom. The first kappa shape index (κ1) is 17.6. The summed E-state index contributed by atoms with van der Waals surface area (Å²) in [5, 5.41) is 6.39. The minimum absolute atomic E-state index is 0.187. The van der Waals surface area contributed by atoms with Crippen LogP contribution in [0.25, 0.3) is 10.2 Å². The van der Waals surface area contributed by atoms with E-state index in [0.29, 0.717) is 23.1 Å². The lowest BCUT2D eigenvalue weighted by Crippen LogP contribution is -2.11. The molecule has 0 aliphatic carbocycles. The number of ether oxygens (including phenoxy) is 1. The zero-order valence-electron chi connectivity index (χ0n) is 14.9. The van der Waals surface area contributed by atoms with E-state index in [1.807, 2.05) is 31.4 Å². The molecule has 7 heteroatoms. The number of fused-ring (bicyclic) bond motifs is 1. The monoisotopic (exact) mass is 395 g/mol. The first-order valence-electron chi connectivity index (χ1n) is 8.39. The zero-order chi connectivity index (χ0) is 18.8. The van der Waals surface area contributed by atoms with Gasteiger partial charge in [0.2, 0.25) is 0 Å². The van der Waals surface area contributed by atoms with Gasteiger partial charge < -0.3 is 4.74 Å². The predicted molar refractivity (Wildman–Crippen MR) is 110 cm³/mol. The van der Waals surface area contributed by atoms with Crippen LogP contribution in [0.2, 0.25) is 0 Å². The molecule has 0 saturated heterocycles. The number of nitrogens with zero attached hydrogens (tertiary/aromatic N) is 2. The Morgan fingerprint density at radius 2 is 1.93 bits per heavy atom. The summed E-state index contributed by atoms with van der Waals surface area (Å²) in [6, 6.07) is 13.1. The van der Waals surface area contributed by atoms with E-state index in [9.17, 15) is 4.79 Å². The summed E-state index contributed by atoms with van der Waals surface area (Å²) < 4.78 is 6.78. The van der Waals surface area contributed by atoms with Crippen LogP contribution >= 0.6 is 22.7 Å². The highest BCUT2D eigenvalue weighted by molar-refractivity contribution is 7.22.